The summed E-state index contributed by atoms with van der Waals surface area (Å²) in [5.74, 6) is -4.25. The zero-order valence-electron chi connectivity index (χ0n) is 32.2. The highest BCUT2D eigenvalue weighted by Gasteiger charge is 2.39. The molecule has 61 heavy (non-hydrogen) atoms. The lowest BCUT2D eigenvalue weighted by Crippen LogP contribution is -2.37. The molecule has 0 spiro atoms. The number of amidine groups is 2. The van der Waals surface area contributed by atoms with Gasteiger partial charge in [0.25, 0.3) is 5.91 Å². The fraction of sp³-hybridized carbons (Fsp3) is 0.300. The third-order valence-corrected chi connectivity index (χ3v) is 9.18. The second-order valence-corrected chi connectivity index (χ2v) is 13.3. The Morgan fingerprint density at radius 3 is 1.46 bits per heavy atom. The quantitative estimate of drug-likeness (QED) is 0.0570. The number of likely N-dealkylation sites (tertiary alicyclic amines) is 1. The molecule has 1 amide bonds. The molecule has 2 saturated heterocycles. The summed E-state index contributed by atoms with van der Waals surface area (Å²) in [4.78, 5) is 46.7. The molecule has 0 saturated carbocycles. The molecule has 1 aromatic heterocycles. The van der Waals surface area contributed by atoms with Crippen LogP contribution in [-0.2, 0) is 9.59 Å². The van der Waals surface area contributed by atoms with Gasteiger partial charge in [0.2, 0.25) is 5.56 Å². The summed E-state index contributed by atoms with van der Waals surface area (Å²) in [6.45, 7) is 3.58. The first-order chi connectivity index (χ1) is 27.7. The number of piperidine rings is 2. The molecule has 0 bridgehead atoms. The third-order valence-electron chi connectivity index (χ3n) is 9.18. The molecular formula is C40H45Cl2F6N7O6. The maximum absolute atomic E-state index is 12.9. The lowest BCUT2D eigenvalue weighted by Gasteiger charge is -2.32. The van der Waals surface area contributed by atoms with Crippen molar-refractivity contribution in [2.24, 2.45) is 11.5 Å². The number of hydrogen-bond donors (Lipinski definition) is 8. The summed E-state index contributed by atoms with van der Waals surface area (Å²) in [6.07, 6.45) is -4.41. The first-order valence-electron chi connectivity index (χ1n) is 18.0. The summed E-state index contributed by atoms with van der Waals surface area (Å²) in [7, 11) is 0. The molecule has 13 nitrogen and oxygen atoms in total. The van der Waals surface area contributed by atoms with Gasteiger partial charge < -0.3 is 36.9 Å². The average molecular weight is 905 g/mol. The normalized spacial score (nSPS) is 14.0. The standard InChI is InChI=1S/C24H24N4O2.C12H17N3.2C2HF3O2.2ClH/c25-23(26)21-3-1-2-19(14-21)17-9-12-28(13-10-17)24(30)18-6-4-16(5-7-18)20-8-11-27-22(29)15-20;13-12(14)11-3-1-2-10(8-11)9-4-6-15-7-5-9;2*3-2(4,5)1(6)7;;/h1-8,11,14-15,17H,9-10,12-13H2,(H3,25,26)(H,27,29);1-3,8-9,15H,4-7H2,(H3,13,14);2*(H,6,7);2*1H. The second-order valence-electron chi connectivity index (χ2n) is 13.3. The summed E-state index contributed by atoms with van der Waals surface area (Å²) in [5, 5.41) is 32.6. The van der Waals surface area contributed by atoms with Crippen LogP contribution in [-0.4, -0.2) is 88.1 Å². The summed E-state index contributed by atoms with van der Waals surface area (Å²) in [6, 6.07) is 26.7. The molecule has 2 fully saturated rings. The van der Waals surface area contributed by atoms with Crippen LogP contribution in [0.1, 0.15) is 70.1 Å². The molecule has 0 aliphatic carbocycles. The Morgan fingerprint density at radius 2 is 1.07 bits per heavy atom. The van der Waals surface area contributed by atoms with Crippen LogP contribution in [0.2, 0.25) is 0 Å². The van der Waals surface area contributed by atoms with Crippen LogP contribution in [0.25, 0.3) is 11.1 Å². The van der Waals surface area contributed by atoms with Crippen LogP contribution < -0.4 is 22.3 Å². The van der Waals surface area contributed by atoms with Crippen molar-refractivity contribution < 1.29 is 50.9 Å². The number of nitrogens with two attached hydrogens (primary N) is 2. The molecule has 0 unspecified atom stereocenters. The van der Waals surface area contributed by atoms with E-state index in [1.165, 1.54) is 24.0 Å². The molecule has 0 atom stereocenters. The van der Waals surface area contributed by atoms with Gasteiger partial charge in [-0.05, 0) is 103 Å². The maximum atomic E-state index is 12.9. The lowest BCUT2D eigenvalue weighted by molar-refractivity contribution is -0.193. The monoisotopic (exact) mass is 903 g/mol. The molecule has 21 heteroatoms. The number of hydrogen-bond acceptors (Lipinski definition) is 7. The Hall–Kier alpha value is -5.92. The largest absolute Gasteiger partial charge is 0.490 e. The number of aromatic nitrogens is 1. The van der Waals surface area contributed by atoms with E-state index in [4.69, 9.17) is 42.1 Å². The van der Waals surface area contributed by atoms with Crippen molar-refractivity contribution >= 4 is 54.3 Å². The molecule has 0 radical (unpaired) electrons. The number of aliphatic carboxylic acids is 2. The van der Waals surface area contributed by atoms with Gasteiger partial charge in [-0.15, -0.1) is 24.8 Å². The van der Waals surface area contributed by atoms with Crippen LogP contribution in [0.4, 0.5) is 26.3 Å². The molecule has 332 valence electrons. The highest BCUT2D eigenvalue weighted by molar-refractivity contribution is 5.96. The number of nitrogen functional groups attached to an aromatic ring is 2. The van der Waals surface area contributed by atoms with Crippen molar-refractivity contribution in [3.63, 3.8) is 0 Å². The number of nitrogens with zero attached hydrogens (tertiary/aromatic N) is 1. The van der Waals surface area contributed by atoms with Crippen molar-refractivity contribution in [1.29, 1.82) is 10.8 Å². The number of aromatic amines is 1. The number of carbonyl (C=O) groups excluding carboxylic acids is 1. The smallest absolute Gasteiger partial charge is 0.475 e. The van der Waals surface area contributed by atoms with E-state index in [0.29, 0.717) is 30.5 Å². The minimum Gasteiger partial charge on any atom is -0.475 e. The number of nitrogens with one attached hydrogen (secondary N) is 4. The molecular weight excluding hydrogens is 859 g/mol. The first kappa shape index (κ1) is 53.1. The van der Waals surface area contributed by atoms with E-state index in [0.717, 1.165) is 48.2 Å². The van der Waals surface area contributed by atoms with Gasteiger partial charge in [0.1, 0.15) is 11.7 Å². The van der Waals surface area contributed by atoms with Gasteiger partial charge in [-0.2, -0.15) is 26.3 Å². The van der Waals surface area contributed by atoms with E-state index < -0.39 is 24.3 Å². The van der Waals surface area contributed by atoms with E-state index in [2.05, 4.69) is 28.5 Å². The first-order valence-corrected chi connectivity index (χ1v) is 18.0. The average Bonchev–Trinajstić information content (AvgIpc) is 3.21. The maximum Gasteiger partial charge on any atom is 0.490 e. The Balaban J connectivity index is 0.000000499. The molecule has 2 aliphatic heterocycles. The molecule has 3 aromatic carbocycles. The number of carboxylic acids is 2. The van der Waals surface area contributed by atoms with Gasteiger partial charge in [0.05, 0.1) is 0 Å². The molecule has 3 heterocycles. The number of halogens is 8. The number of H-pyrrole nitrogens is 1. The third kappa shape index (κ3) is 17.3. The minimum absolute atomic E-state index is 0. The van der Waals surface area contributed by atoms with E-state index in [9.17, 15) is 35.9 Å². The number of carboxylic acid groups (broad SMARTS) is 2. The van der Waals surface area contributed by atoms with Crippen LogP contribution in [0.15, 0.2) is 95.9 Å². The van der Waals surface area contributed by atoms with Crippen molar-refractivity contribution in [3.8, 4) is 11.1 Å². The van der Waals surface area contributed by atoms with Gasteiger partial charge in [0, 0.05) is 42.0 Å². The van der Waals surface area contributed by atoms with Crippen molar-refractivity contribution in [3.05, 3.63) is 129 Å². The predicted molar refractivity (Wildman–Crippen MR) is 222 cm³/mol. The number of alkyl halides is 6. The van der Waals surface area contributed by atoms with Crippen molar-refractivity contribution in [2.45, 2.75) is 49.9 Å². The Labute approximate surface area is 358 Å². The van der Waals surface area contributed by atoms with Gasteiger partial charge in [0.15, 0.2) is 0 Å². The zero-order valence-corrected chi connectivity index (χ0v) is 33.8. The lowest BCUT2D eigenvalue weighted by atomic mass is 9.88. The van der Waals surface area contributed by atoms with E-state index in [1.807, 2.05) is 65.6 Å². The SMILES string of the molecule is Cl.Cl.N=C(N)c1cccc(C2CCN(C(=O)c3ccc(-c4cc[nH]c(=O)c4)cc3)CC2)c1.N=C(N)c1cccc(C2CCNCC2)c1.O=C(O)C(F)(F)F.O=C(O)C(F)(F)F. The Bertz CT molecular complexity index is 2120. The second kappa shape index (κ2) is 24.4. The van der Waals surface area contributed by atoms with Crippen LogP contribution in [0.5, 0.6) is 0 Å². The topological polar surface area (TPSA) is 240 Å². The summed E-state index contributed by atoms with van der Waals surface area (Å²) >= 11 is 0. The molecule has 10 N–H and O–H groups in total. The molecule has 2 aliphatic rings. The number of benzene rings is 3. The van der Waals surface area contributed by atoms with Gasteiger partial charge in [-0.1, -0.05) is 48.5 Å². The van der Waals surface area contributed by atoms with Crippen molar-refractivity contribution in [1.82, 2.24) is 15.2 Å². The highest BCUT2D eigenvalue weighted by atomic mass is 35.5. The number of carbonyl (C=O) groups is 3. The van der Waals surface area contributed by atoms with Gasteiger partial charge in [-0.25, -0.2) is 9.59 Å². The fourth-order valence-electron chi connectivity index (χ4n) is 6.10. The van der Waals surface area contributed by atoms with Crippen LogP contribution in [0, 0.1) is 10.8 Å². The Kier molecular flexibility index (Phi) is 21.2. The van der Waals surface area contributed by atoms with E-state index in [-0.39, 0.29) is 48.0 Å². The summed E-state index contributed by atoms with van der Waals surface area (Å²) < 4.78 is 63.5. The van der Waals surface area contributed by atoms with Crippen LogP contribution >= 0.6 is 24.8 Å². The minimum atomic E-state index is -5.08. The fourth-order valence-corrected chi connectivity index (χ4v) is 6.10. The number of pyridine rings is 1. The number of amides is 1. The Morgan fingerprint density at radius 1 is 0.639 bits per heavy atom. The van der Waals surface area contributed by atoms with Crippen LogP contribution in [0.3, 0.4) is 0 Å². The van der Waals surface area contributed by atoms with Crippen molar-refractivity contribution in [2.75, 3.05) is 26.2 Å². The summed E-state index contributed by atoms with van der Waals surface area (Å²) in [5.41, 5.74) is 17.4. The zero-order chi connectivity index (χ0) is 43.9. The number of rotatable bonds is 6. The predicted octanol–water partition coefficient (Wildman–Crippen LogP) is 6.89. The molecule has 4 aromatic rings. The van der Waals surface area contributed by atoms with E-state index >= 15 is 0 Å². The van der Waals surface area contributed by atoms with E-state index in [1.54, 1.807) is 12.3 Å². The highest BCUT2D eigenvalue weighted by Crippen LogP contribution is 2.30. The van der Waals surface area contributed by atoms with Gasteiger partial charge in [-0.3, -0.25) is 20.4 Å². The van der Waals surface area contributed by atoms with Gasteiger partial charge >= 0.3 is 24.3 Å². The molecule has 6 rings (SSSR count).